The molecule has 0 bridgehead atoms. The first-order valence-corrected chi connectivity index (χ1v) is 5.28. The Balaban J connectivity index is 2.55. The van der Waals surface area contributed by atoms with Crippen molar-refractivity contribution >= 4 is 11.9 Å². The minimum absolute atomic E-state index is 0.0499. The molecule has 1 amide bonds. The topological polar surface area (TPSA) is 83.6 Å². The highest BCUT2D eigenvalue weighted by molar-refractivity contribution is 5.78. The van der Waals surface area contributed by atoms with Crippen LogP contribution in [0.3, 0.4) is 0 Å². The van der Waals surface area contributed by atoms with E-state index in [2.05, 4.69) is 4.98 Å². The van der Waals surface area contributed by atoms with Crippen molar-refractivity contribution in [2.75, 3.05) is 7.05 Å². The summed E-state index contributed by atoms with van der Waals surface area (Å²) in [5, 5.41) is 8.64. The number of aliphatic carboxylic acids is 1. The van der Waals surface area contributed by atoms with E-state index in [-0.39, 0.29) is 24.8 Å². The van der Waals surface area contributed by atoms with Crippen LogP contribution in [0.4, 0.5) is 0 Å². The number of oxazole rings is 1. The fourth-order valence-corrected chi connectivity index (χ4v) is 1.37. The van der Waals surface area contributed by atoms with E-state index in [9.17, 15) is 9.59 Å². The van der Waals surface area contributed by atoms with Crippen LogP contribution in [-0.4, -0.2) is 40.0 Å². The number of rotatable bonds is 5. The summed E-state index contributed by atoms with van der Waals surface area (Å²) in [5.41, 5.74) is 0.717. The fourth-order valence-electron chi connectivity index (χ4n) is 1.37. The molecule has 6 heteroatoms. The molecule has 1 heterocycles. The second kappa shape index (κ2) is 5.47. The van der Waals surface area contributed by atoms with Crippen molar-refractivity contribution in [1.29, 1.82) is 0 Å². The lowest BCUT2D eigenvalue weighted by molar-refractivity contribution is -0.139. The molecule has 1 unspecified atom stereocenters. The zero-order valence-corrected chi connectivity index (χ0v) is 10.1. The highest BCUT2D eigenvalue weighted by atomic mass is 16.4. The van der Waals surface area contributed by atoms with Gasteiger partial charge < -0.3 is 14.4 Å². The number of aromatic nitrogens is 1. The highest BCUT2D eigenvalue weighted by Crippen LogP contribution is 2.07. The number of nitrogens with zero attached hydrogens (tertiary/aromatic N) is 2. The van der Waals surface area contributed by atoms with Gasteiger partial charge in [-0.25, -0.2) is 4.98 Å². The Kier molecular flexibility index (Phi) is 4.25. The first kappa shape index (κ1) is 13.2. The van der Waals surface area contributed by atoms with Gasteiger partial charge in [0.1, 0.15) is 12.7 Å². The number of hydrogen-bond donors (Lipinski definition) is 1. The molecule has 0 saturated carbocycles. The predicted octanol–water partition coefficient (Wildman–Crippen LogP) is 0.847. The average molecular weight is 240 g/mol. The Labute approximate surface area is 99.2 Å². The summed E-state index contributed by atoms with van der Waals surface area (Å²) in [6.45, 7) is 3.46. The number of amides is 1. The molecule has 1 aromatic rings. The Morgan fingerprint density at radius 1 is 1.59 bits per heavy atom. The van der Waals surface area contributed by atoms with Gasteiger partial charge in [-0.2, -0.15) is 0 Å². The normalized spacial score (nSPS) is 12.2. The maximum atomic E-state index is 11.8. The number of carbonyl (C=O) groups is 2. The first-order valence-electron chi connectivity index (χ1n) is 5.28. The molecule has 0 aliphatic heterocycles. The summed E-state index contributed by atoms with van der Waals surface area (Å²) in [6, 6.07) is -0.351. The van der Waals surface area contributed by atoms with Gasteiger partial charge in [-0.1, -0.05) is 0 Å². The molecule has 1 aromatic heterocycles. The van der Waals surface area contributed by atoms with E-state index in [0.29, 0.717) is 11.6 Å². The van der Waals surface area contributed by atoms with Gasteiger partial charge in [0, 0.05) is 13.1 Å². The minimum Gasteiger partial charge on any atom is -0.481 e. The average Bonchev–Trinajstić information content (AvgIpc) is 2.61. The Bertz CT molecular complexity index is 413. The number of aryl methyl sites for hydroxylation is 1. The largest absolute Gasteiger partial charge is 0.481 e. The molecule has 1 N–H and O–H groups in total. The van der Waals surface area contributed by atoms with Gasteiger partial charge in [0.25, 0.3) is 0 Å². The van der Waals surface area contributed by atoms with E-state index in [1.165, 1.54) is 11.2 Å². The van der Waals surface area contributed by atoms with Crippen LogP contribution in [0, 0.1) is 6.92 Å². The Morgan fingerprint density at radius 2 is 2.24 bits per heavy atom. The summed E-state index contributed by atoms with van der Waals surface area (Å²) in [7, 11) is 1.58. The van der Waals surface area contributed by atoms with Crippen molar-refractivity contribution in [3.63, 3.8) is 0 Å². The van der Waals surface area contributed by atoms with Gasteiger partial charge in [-0.15, -0.1) is 0 Å². The number of likely N-dealkylation sites (N-methyl/N-ethyl adjacent to an activating group) is 1. The molecule has 0 saturated heterocycles. The number of carbonyl (C=O) groups excluding carboxylic acids is 1. The third-order valence-corrected chi connectivity index (χ3v) is 2.49. The molecule has 6 nitrogen and oxygen atoms in total. The number of hydrogen-bond acceptors (Lipinski definition) is 4. The summed E-state index contributed by atoms with van der Waals surface area (Å²) >= 11 is 0. The van der Waals surface area contributed by atoms with Crippen molar-refractivity contribution in [3.8, 4) is 0 Å². The molecule has 0 fully saturated rings. The molecule has 17 heavy (non-hydrogen) atoms. The maximum absolute atomic E-state index is 11.8. The zero-order chi connectivity index (χ0) is 13.0. The number of carboxylic acids is 1. The van der Waals surface area contributed by atoms with Crippen LogP contribution in [0.2, 0.25) is 0 Å². The van der Waals surface area contributed by atoms with Gasteiger partial charge in [0.15, 0.2) is 0 Å². The van der Waals surface area contributed by atoms with Crippen LogP contribution in [0.25, 0.3) is 0 Å². The number of carboxylic acid groups (broad SMARTS) is 1. The van der Waals surface area contributed by atoms with Crippen LogP contribution in [0.5, 0.6) is 0 Å². The van der Waals surface area contributed by atoms with E-state index < -0.39 is 5.97 Å². The van der Waals surface area contributed by atoms with Crippen LogP contribution < -0.4 is 0 Å². The second-order valence-electron chi connectivity index (χ2n) is 4.01. The standard InChI is InChI=1S/C11H16N2O4/c1-7-6-17-9(12-7)5-10(14)13(3)8(2)4-11(15)16/h6,8H,4-5H2,1-3H3,(H,15,16). The fraction of sp³-hybridized carbons (Fsp3) is 0.545. The zero-order valence-electron chi connectivity index (χ0n) is 10.1. The van der Waals surface area contributed by atoms with Crippen molar-refractivity contribution in [1.82, 2.24) is 9.88 Å². The summed E-state index contributed by atoms with van der Waals surface area (Å²) in [6.07, 6.45) is 1.45. The molecule has 1 rings (SSSR count). The van der Waals surface area contributed by atoms with Crippen molar-refractivity contribution in [2.45, 2.75) is 32.7 Å². The van der Waals surface area contributed by atoms with Gasteiger partial charge in [-0.05, 0) is 13.8 Å². The smallest absolute Gasteiger partial charge is 0.305 e. The van der Waals surface area contributed by atoms with E-state index in [1.807, 2.05) is 0 Å². The Hall–Kier alpha value is -1.85. The molecular formula is C11H16N2O4. The molecule has 1 atom stereocenters. The third-order valence-electron chi connectivity index (χ3n) is 2.49. The van der Waals surface area contributed by atoms with Crippen molar-refractivity contribution in [3.05, 3.63) is 17.8 Å². The summed E-state index contributed by atoms with van der Waals surface area (Å²) in [5.74, 6) is -0.786. The molecule has 94 valence electrons. The lowest BCUT2D eigenvalue weighted by Gasteiger charge is -2.23. The summed E-state index contributed by atoms with van der Waals surface area (Å²) in [4.78, 5) is 27.7. The quantitative estimate of drug-likeness (QED) is 0.824. The van der Waals surface area contributed by atoms with E-state index in [0.717, 1.165) is 0 Å². The Morgan fingerprint density at radius 3 is 2.71 bits per heavy atom. The predicted molar refractivity (Wildman–Crippen MR) is 59.4 cm³/mol. The molecule has 0 aliphatic carbocycles. The van der Waals surface area contributed by atoms with Crippen molar-refractivity contribution < 1.29 is 19.1 Å². The van der Waals surface area contributed by atoms with Crippen LogP contribution in [0.15, 0.2) is 10.7 Å². The van der Waals surface area contributed by atoms with Crippen LogP contribution in [0.1, 0.15) is 24.9 Å². The monoisotopic (exact) mass is 240 g/mol. The first-order chi connectivity index (χ1) is 7.90. The maximum Gasteiger partial charge on any atom is 0.305 e. The lowest BCUT2D eigenvalue weighted by atomic mass is 10.2. The molecule has 0 spiro atoms. The van der Waals surface area contributed by atoms with Crippen molar-refractivity contribution in [2.24, 2.45) is 0 Å². The molecular weight excluding hydrogens is 224 g/mol. The molecule has 0 aromatic carbocycles. The van der Waals surface area contributed by atoms with Crippen LogP contribution >= 0.6 is 0 Å². The third kappa shape index (κ3) is 3.90. The summed E-state index contributed by atoms with van der Waals surface area (Å²) < 4.78 is 5.07. The van der Waals surface area contributed by atoms with E-state index in [4.69, 9.17) is 9.52 Å². The van der Waals surface area contributed by atoms with Gasteiger partial charge >= 0.3 is 5.97 Å². The minimum atomic E-state index is -0.927. The van der Waals surface area contributed by atoms with E-state index in [1.54, 1.807) is 20.9 Å². The second-order valence-corrected chi connectivity index (χ2v) is 4.01. The van der Waals surface area contributed by atoms with Crippen LogP contribution in [-0.2, 0) is 16.0 Å². The molecule has 0 aliphatic rings. The van der Waals surface area contributed by atoms with Gasteiger partial charge in [-0.3, -0.25) is 9.59 Å². The molecule has 0 radical (unpaired) electrons. The van der Waals surface area contributed by atoms with Gasteiger partial charge in [0.2, 0.25) is 11.8 Å². The SMILES string of the molecule is Cc1coc(CC(=O)N(C)C(C)CC(=O)O)n1. The lowest BCUT2D eigenvalue weighted by Crippen LogP contribution is -2.37. The highest BCUT2D eigenvalue weighted by Gasteiger charge is 2.19. The van der Waals surface area contributed by atoms with Gasteiger partial charge in [0.05, 0.1) is 12.1 Å². The van der Waals surface area contributed by atoms with E-state index >= 15 is 0 Å².